The zero-order chi connectivity index (χ0) is 22.0. The maximum atomic E-state index is 13.3. The van der Waals surface area contributed by atoms with Crippen molar-refractivity contribution in [3.63, 3.8) is 0 Å². The molecule has 1 amide bonds. The first-order chi connectivity index (χ1) is 15.1. The van der Waals surface area contributed by atoms with Gasteiger partial charge in [0, 0.05) is 24.2 Å². The van der Waals surface area contributed by atoms with Gasteiger partial charge in [-0.2, -0.15) is 0 Å². The van der Waals surface area contributed by atoms with Crippen molar-refractivity contribution in [2.75, 3.05) is 5.32 Å². The number of anilines is 1. The fourth-order valence-corrected chi connectivity index (χ4v) is 4.90. The van der Waals surface area contributed by atoms with Crippen LogP contribution in [-0.4, -0.2) is 25.8 Å². The van der Waals surface area contributed by atoms with Crippen LogP contribution in [0.1, 0.15) is 51.1 Å². The summed E-state index contributed by atoms with van der Waals surface area (Å²) >= 11 is 1.46. The predicted octanol–water partition coefficient (Wildman–Crippen LogP) is 5.67. The molecule has 0 bridgehead atoms. The summed E-state index contributed by atoms with van der Waals surface area (Å²) in [6, 6.07) is 10.1. The monoisotopic (exact) mass is 436 g/mol. The van der Waals surface area contributed by atoms with E-state index in [0.717, 1.165) is 63.5 Å². The molecule has 3 heterocycles. The molecule has 0 radical (unpaired) electrons. The SMILES string of the molecule is CCc1cccc(CC)c1NC(=O)[C@H](CC)Sc1nnc(CC)n2c1cc1occc12. The molecule has 4 rings (SSSR count). The van der Waals surface area contributed by atoms with Gasteiger partial charge in [-0.1, -0.05) is 57.7 Å². The Balaban J connectivity index is 1.66. The molecule has 6 nitrogen and oxygen atoms in total. The van der Waals surface area contributed by atoms with Gasteiger partial charge in [0.25, 0.3) is 0 Å². The predicted molar refractivity (Wildman–Crippen MR) is 126 cm³/mol. The van der Waals surface area contributed by atoms with E-state index < -0.39 is 0 Å². The molecule has 31 heavy (non-hydrogen) atoms. The van der Waals surface area contributed by atoms with Crippen molar-refractivity contribution < 1.29 is 9.21 Å². The van der Waals surface area contributed by atoms with Crippen molar-refractivity contribution in [3.05, 3.63) is 53.5 Å². The fourth-order valence-electron chi connectivity index (χ4n) is 3.94. The number of aryl methyl sites for hydroxylation is 3. The summed E-state index contributed by atoms with van der Waals surface area (Å²) in [4.78, 5) is 13.3. The first-order valence-corrected chi connectivity index (χ1v) is 11.8. The van der Waals surface area contributed by atoms with Crippen molar-refractivity contribution in [2.45, 2.75) is 63.7 Å². The molecule has 0 unspecified atom stereocenters. The van der Waals surface area contributed by atoms with Crippen LogP contribution in [0.25, 0.3) is 16.6 Å². The Morgan fingerprint density at radius 2 is 1.81 bits per heavy atom. The van der Waals surface area contributed by atoms with Gasteiger partial charge in [0.05, 0.1) is 22.5 Å². The molecular weight excluding hydrogens is 408 g/mol. The first kappa shape index (κ1) is 21.4. The summed E-state index contributed by atoms with van der Waals surface area (Å²) in [6.45, 7) is 8.31. The van der Waals surface area contributed by atoms with Gasteiger partial charge < -0.3 is 9.73 Å². The third-order valence-electron chi connectivity index (χ3n) is 5.64. The van der Waals surface area contributed by atoms with Crippen LogP contribution in [0.15, 0.2) is 46.0 Å². The van der Waals surface area contributed by atoms with Gasteiger partial charge in [-0.3, -0.25) is 9.20 Å². The summed E-state index contributed by atoms with van der Waals surface area (Å²) in [5.41, 5.74) is 5.98. The van der Waals surface area contributed by atoms with E-state index in [9.17, 15) is 4.79 Å². The number of fused-ring (bicyclic) bond motifs is 3. The van der Waals surface area contributed by atoms with Crippen LogP contribution in [0.4, 0.5) is 5.69 Å². The molecular formula is C24H28N4O2S. The lowest BCUT2D eigenvalue weighted by atomic mass is 10.0. The Kier molecular flexibility index (Phi) is 6.32. The third kappa shape index (κ3) is 3.94. The lowest BCUT2D eigenvalue weighted by Crippen LogP contribution is -2.26. The van der Waals surface area contributed by atoms with Gasteiger partial charge in [-0.05, 0) is 30.4 Å². The second-order valence-electron chi connectivity index (χ2n) is 7.47. The van der Waals surface area contributed by atoms with Crippen molar-refractivity contribution >= 4 is 40.0 Å². The molecule has 1 N–H and O–H groups in total. The van der Waals surface area contributed by atoms with Crippen LogP contribution in [0, 0.1) is 0 Å². The standard InChI is InChI=1S/C24H28N4O2S/c1-5-15-10-9-11-16(6-2)22(15)25-23(29)20(7-3)31-24-18-14-19-17(12-13-30-19)28(18)21(8-4)26-27-24/h9-14,20H,5-8H2,1-4H3,(H,25,29)/t20-/m0/s1. The second-order valence-corrected chi connectivity index (χ2v) is 8.66. The maximum absolute atomic E-state index is 13.3. The molecule has 0 fully saturated rings. The molecule has 7 heteroatoms. The number of carbonyl (C=O) groups is 1. The van der Waals surface area contributed by atoms with E-state index in [1.807, 2.05) is 19.1 Å². The summed E-state index contributed by atoms with van der Waals surface area (Å²) in [5.74, 6) is 0.871. The van der Waals surface area contributed by atoms with Crippen molar-refractivity contribution in [1.29, 1.82) is 0 Å². The molecule has 4 aromatic rings. The number of amides is 1. The largest absolute Gasteiger partial charge is 0.463 e. The van der Waals surface area contributed by atoms with E-state index in [1.165, 1.54) is 11.8 Å². The fraction of sp³-hybridized carbons (Fsp3) is 0.375. The number of aromatic nitrogens is 3. The number of benzene rings is 1. The zero-order valence-corrected chi connectivity index (χ0v) is 19.3. The quantitative estimate of drug-likeness (QED) is 0.360. The Morgan fingerprint density at radius 3 is 2.45 bits per heavy atom. The second kappa shape index (κ2) is 9.14. The molecule has 0 saturated heterocycles. The highest BCUT2D eigenvalue weighted by Gasteiger charge is 2.23. The van der Waals surface area contributed by atoms with Gasteiger partial charge in [0.1, 0.15) is 10.9 Å². The number of nitrogens with zero attached hydrogens (tertiary/aromatic N) is 3. The number of nitrogens with one attached hydrogen (secondary N) is 1. The van der Waals surface area contributed by atoms with E-state index in [0.29, 0.717) is 6.42 Å². The van der Waals surface area contributed by atoms with E-state index in [2.05, 4.69) is 58.9 Å². The molecule has 0 saturated carbocycles. The molecule has 162 valence electrons. The average Bonchev–Trinajstić information content (AvgIpc) is 3.39. The van der Waals surface area contributed by atoms with E-state index in [1.54, 1.807) is 6.26 Å². The van der Waals surface area contributed by atoms with E-state index in [-0.39, 0.29) is 11.2 Å². The van der Waals surface area contributed by atoms with Crippen molar-refractivity contribution in [2.24, 2.45) is 0 Å². The molecule has 1 aromatic carbocycles. The molecule has 0 aliphatic heterocycles. The summed E-state index contributed by atoms with van der Waals surface area (Å²) in [5, 5.41) is 12.6. The Labute approximate surface area is 186 Å². The number of thioether (sulfide) groups is 1. The third-order valence-corrected chi connectivity index (χ3v) is 6.98. The molecule has 3 aromatic heterocycles. The minimum absolute atomic E-state index is 0.00198. The lowest BCUT2D eigenvalue weighted by Gasteiger charge is -2.19. The van der Waals surface area contributed by atoms with Crippen LogP contribution >= 0.6 is 11.8 Å². The van der Waals surface area contributed by atoms with Crippen LogP contribution in [0.3, 0.4) is 0 Å². The van der Waals surface area contributed by atoms with E-state index >= 15 is 0 Å². The summed E-state index contributed by atoms with van der Waals surface area (Å²) in [7, 11) is 0. The number of hydrogen-bond donors (Lipinski definition) is 1. The summed E-state index contributed by atoms with van der Waals surface area (Å²) < 4.78 is 7.68. The Hall–Kier alpha value is -2.80. The van der Waals surface area contributed by atoms with Gasteiger partial charge in [0.15, 0.2) is 5.58 Å². The van der Waals surface area contributed by atoms with E-state index in [4.69, 9.17) is 4.42 Å². The normalized spacial score (nSPS) is 12.5. The van der Waals surface area contributed by atoms with Crippen LogP contribution in [0.2, 0.25) is 0 Å². The number of hydrogen-bond acceptors (Lipinski definition) is 5. The Morgan fingerprint density at radius 1 is 1.06 bits per heavy atom. The van der Waals surface area contributed by atoms with Gasteiger partial charge >= 0.3 is 0 Å². The number of furan rings is 1. The molecule has 0 aliphatic rings. The summed E-state index contributed by atoms with van der Waals surface area (Å²) in [6.07, 6.45) is 4.88. The molecule has 0 spiro atoms. The highest BCUT2D eigenvalue weighted by molar-refractivity contribution is 8.00. The Bertz CT molecular complexity index is 1210. The zero-order valence-electron chi connectivity index (χ0n) is 18.4. The highest BCUT2D eigenvalue weighted by Crippen LogP contribution is 2.33. The number of rotatable bonds is 8. The van der Waals surface area contributed by atoms with Crippen LogP contribution in [0.5, 0.6) is 0 Å². The average molecular weight is 437 g/mol. The topological polar surface area (TPSA) is 72.4 Å². The molecule has 1 atom stereocenters. The minimum atomic E-state index is -0.276. The minimum Gasteiger partial charge on any atom is -0.463 e. The lowest BCUT2D eigenvalue weighted by molar-refractivity contribution is -0.115. The maximum Gasteiger partial charge on any atom is 0.237 e. The first-order valence-electron chi connectivity index (χ1n) is 10.9. The highest BCUT2D eigenvalue weighted by atomic mass is 32.2. The van der Waals surface area contributed by atoms with Crippen LogP contribution in [-0.2, 0) is 24.1 Å². The number of carbonyl (C=O) groups excluding carboxylic acids is 1. The molecule has 0 aliphatic carbocycles. The van der Waals surface area contributed by atoms with Gasteiger partial charge in [-0.15, -0.1) is 10.2 Å². The van der Waals surface area contributed by atoms with Crippen molar-refractivity contribution in [1.82, 2.24) is 14.6 Å². The van der Waals surface area contributed by atoms with Gasteiger partial charge in [-0.25, -0.2) is 0 Å². The van der Waals surface area contributed by atoms with Crippen LogP contribution < -0.4 is 5.32 Å². The van der Waals surface area contributed by atoms with Gasteiger partial charge in [0.2, 0.25) is 5.91 Å². The van der Waals surface area contributed by atoms with Crippen molar-refractivity contribution in [3.8, 4) is 0 Å². The number of para-hydroxylation sites is 1. The smallest absolute Gasteiger partial charge is 0.237 e.